The molecule has 0 radical (unpaired) electrons. The number of aromatic nitrogens is 2. The Hall–Kier alpha value is -1.78. The van der Waals surface area contributed by atoms with Gasteiger partial charge in [-0.25, -0.2) is 4.98 Å². The van der Waals surface area contributed by atoms with Crippen LogP contribution in [0.4, 0.5) is 0 Å². The molecule has 0 atom stereocenters. The van der Waals surface area contributed by atoms with E-state index < -0.39 is 0 Å². The summed E-state index contributed by atoms with van der Waals surface area (Å²) in [6.07, 6.45) is 1.84. The van der Waals surface area contributed by atoms with Gasteiger partial charge in [-0.2, -0.15) is 0 Å². The molecule has 4 heteroatoms. The summed E-state index contributed by atoms with van der Waals surface area (Å²) < 4.78 is 0. The average molecular weight is 255 g/mol. The van der Waals surface area contributed by atoms with E-state index in [1.807, 2.05) is 17.8 Å². The van der Waals surface area contributed by atoms with Crippen LogP contribution in [-0.2, 0) is 13.1 Å². The second-order valence-electron chi connectivity index (χ2n) is 4.08. The van der Waals surface area contributed by atoms with Crippen LogP contribution >= 0.6 is 11.3 Å². The molecule has 0 saturated carbocycles. The van der Waals surface area contributed by atoms with Crippen LogP contribution < -0.4 is 5.32 Å². The van der Waals surface area contributed by atoms with Crippen LogP contribution in [-0.4, -0.2) is 9.97 Å². The topological polar surface area (TPSA) is 37.8 Å². The Bertz CT molecular complexity index is 629. The molecule has 3 rings (SSSR count). The number of pyridine rings is 1. The Balaban J connectivity index is 1.74. The third-order valence-corrected chi connectivity index (χ3v) is 3.46. The molecule has 0 unspecified atom stereocenters. The molecule has 3 nitrogen and oxygen atoms in total. The molecule has 0 saturated heterocycles. The van der Waals surface area contributed by atoms with Gasteiger partial charge in [0.15, 0.2) is 0 Å². The maximum Gasteiger partial charge on any atom is 0.0795 e. The SMILES string of the molecule is c1cnc2c(CNCc3cscn3)cccc2c1. The molecule has 90 valence electrons. The number of nitrogens with zero attached hydrogens (tertiary/aromatic N) is 2. The summed E-state index contributed by atoms with van der Waals surface area (Å²) >= 11 is 1.62. The van der Waals surface area contributed by atoms with Gasteiger partial charge in [-0.05, 0) is 11.6 Å². The highest BCUT2D eigenvalue weighted by Gasteiger charge is 2.01. The van der Waals surface area contributed by atoms with Crippen molar-refractivity contribution in [3.05, 3.63) is 58.7 Å². The highest BCUT2D eigenvalue weighted by molar-refractivity contribution is 7.07. The van der Waals surface area contributed by atoms with Crippen LogP contribution in [0.5, 0.6) is 0 Å². The fourth-order valence-electron chi connectivity index (χ4n) is 1.96. The van der Waals surface area contributed by atoms with Crippen LogP contribution in [0.15, 0.2) is 47.4 Å². The predicted octanol–water partition coefficient (Wildman–Crippen LogP) is 2.98. The Kier molecular flexibility index (Phi) is 3.30. The van der Waals surface area contributed by atoms with Gasteiger partial charge in [-0.15, -0.1) is 11.3 Å². The van der Waals surface area contributed by atoms with Gasteiger partial charge in [0.1, 0.15) is 0 Å². The molecule has 18 heavy (non-hydrogen) atoms. The minimum atomic E-state index is 0.798. The van der Waals surface area contributed by atoms with Gasteiger partial charge in [0.05, 0.1) is 16.7 Å². The smallest absolute Gasteiger partial charge is 0.0795 e. The van der Waals surface area contributed by atoms with Crippen LogP contribution in [0.25, 0.3) is 10.9 Å². The minimum Gasteiger partial charge on any atom is -0.307 e. The largest absolute Gasteiger partial charge is 0.307 e. The molecule has 1 N–H and O–H groups in total. The van der Waals surface area contributed by atoms with Crippen molar-refractivity contribution in [2.24, 2.45) is 0 Å². The van der Waals surface area contributed by atoms with Crippen molar-refractivity contribution in [3.63, 3.8) is 0 Å². The summed E-state index contributed by atoms with van der Waals surface area (Å²) in [5.41, 5.74) is 5.25. The quantitative estimate of drug-likeness (QED) is 0.779. The van der Waals surface area contributed by atoms with Crippen molar-refractivity contribution < 1.29 is 0 Å². The molecular formula is C14H13N3S. The molecule has 0 aliphatic carbocycles. The van der Waals surface area contributed by atoms with Crippen molar-refractivity contribution in [2.45, 2.75) is 13.1 Å². The maximum atomic E-state index is 4.44. The van der Waals surface area contributed by atoms with Crippen molar-refractivity contribution in [1.29, 1.82) is 0 Å². The zero-order valence-electron chi connectivity index (χ0n) is 9.84. The van der Waals surface area contributed by atoms with E-state index in [1.165, 1.54) is 10.9 Å². The van der Waals surface area contributed by atoms with Crippen molar-refractivity contribution >= 4 is 22.2 Å². The highest BCUT2D eigenvalue weighted by atomic mass is 32.1. The Morgan fingerprint density at radius 3 is 2.89 bits per heavy atom. The molecular weight excluding hydrogens is 242 g/mol. The first kappa shape index (κ1) is 11.3. The molecule has 0 amide bonds. The lowest BCUT2D eigenvalue weighted by Crippen LogP contribution is -2.13. The lowest BCUT2D eigenvalue weighted by Gasteiger charge is -2.06. The summed E-state index contributed by atoms with van der Waals surface area (Å²) in [6, 6.07) is 10.3. The minimum absolute atomic E-state index is 0.798. The summed E-state index contributed by atoms with van der Waals surface area (Å²) in [5, 5.41) is 6.65. The van der Waals surface area contributed by atoms with E-state index in [0.29, 0.717) is 0 Å². The van der Waals surface area contributed by atoms with E-state index in [2.05, 4.69) is 44.9 Å². The second-order valence-corrected chi connectivity index (χ2v) is 4.79. The van der Waals surface area contributed by atoms with Crippen LogP contribution in [0, 0.1) is 0 Å². The monoisotopic (exact) mass is 255 g/mol. The Morgan fingerprint density at radius 2 is 2.00 bits per heavy atom. The van der Waals surface area contributed by atoms with Crippen LogP contribution in [0.3, 0.4) is 0 Å². The first-order valence-electron chi connectivity index (χ1n) is 5.84. The molecule has 2 aromatic heterocycles. The molecule has 0 bridgehead atoms. The molecule has 0 spiro atoms. The molecule has 0 fully saturated rings. The lowest BCUT2D eigenvalue weighted by atomic mass is 10.1. The van der Waals surface area contributed by atoms with Gasteiger partial charge < -0.3 is 5.32 Å². The number of nitrogens with one attached hydrogen (secondary N) is 1. The van der Waals surface area contributed by atoms with Gasteiger partial charge in [0, 0.05) is 30.1 Å². The summed E-state index contributed by atoms with van der Waals surface area (Å²) in [6.45, 7) is 1.61. The maximum absolute atomic E-state index is 4.44. The van der Waals surface area contributed by atoms with Crippen molar-refractivity contribution in [3.8, 4) is 0 Å². The lowest BCUT2D eigenvalue weighted by molar-refractivity contribution is 0.685. The molecule has 2 heterocycles. The normalized spacial score (nSPS) is 10.9. The number of hydrogen-bond acceptors (Lipinski definition) is 4. The zero-order valence-corrected chi connectivity index (χ0v) is 10.7. The summed E-state index contributed by atoms with van der Waals surface area (Å²) in [4.78, 5) is 8.69. The van der Waals surface area contributed by atoms with E-state index in [0.717, 1.165) is 24.3 Å². The predicted molar refractivity (Wildman–Crippen MR) is 74.4 cm³/mol. The van der Waals surface area contributed by atoms with Crippen LogP contribution in [0.2, 0.25) is 0 Å². The van der Waals surface area contributed by atoms with Gasteiger partial charge in [0.25, 0.3) is 0 Å². The second kappa shape index (κ2) is 5.25. The van der Waals surface area contributed by atoms with E-state index in [1.54, 1.807) is 11.3 Å². The number of fused-ring (bicyclic) bond motifs is 1. The summed E-state index contributed by atoms with van der Waals surface area (Å²) in [5.74, 6) is 0. The number of rotatable bonds is 4. The van der Waals surface area contributed by atoms with Gasteiger partial charge >= 0.3 is 0 Å². The fourth-order valence-corrected chi connectivity index (χ4v) is 2.52. The van der Waals surface area contributed by atoms with Gasteiger partial charge in [0.2, 0.25) is 0 Å². The molecule has 1 aromatic carbocycles. The van der Waals surface area contributed by atoms with E-state index >= 15 is 0 Å². The standard InChI is InChI=1S/C14H13N3S/c1-3-11-5-2-6-16-14(11)12(4-1)7-15-8-13-9-18-10-17-13/h1-6,9-10,15H,7-8H2. The van der Waals surface area contributed by atoms with Crippen molar-refractivity contribution in [1.82, 2.24) is 15.3 Å². The fraction of sp³-hybridized carbons (Fsp3) is 0.143. The first-order chi connectivity index (χ1) is 8.93. The van der Waals surface area contributed by atoms with Crippen LogP contribution in [0.1, 0.15) is 11.3 Å². The first-order valence-corrected chi connectivity index (χ1v) is 6.78. The number of hydrogen-bond donors (Lipinski definition) is 1. The van der Waals surface area contributed by atoms with Gasteiger partial charge in [-0.3, -0.25) is 4.98 Å². The Labute approximate surface area is 110 Å². The van der Waals surface area contributed by atoms with Gasteiger partial charge in [-0.1, -0.05) is 24.3 Å². The molecule has 3 aromatic rings. The number of benzene rings is 1. The number of para-hydroxylation sites is 1. The number of thiazole rings is 1. The third kappa shape index (κ3) is 2.39. The zero-order chi connectivity index (χ0) is 12.2. The Morgan fingerprint density at radius 1 is 1.06 bits per heavy atom. The van der Waals surface area contributed by atoms with E-state index in [4.69, 9.17) is 0 Å². The highest BCUT2D eigenvalue weighted by Crippen LogP contribution is 2.15. The molecule has 0 aliphatic rings. The van der Waals surface area contributed by atoms with E-state index in [9.17, 15) is 0 Å². The average Bonchev–Trinajstić information content (AvgIpc) is 2.92. The summed E-state index contributed by atoms with van der Waals surface area (Å²) in [7, 11) is 0. The molecule has 0 aliphatic heterocycles. The van der Waals surface area contributed by atoms with Crippen molar-refractivity contribution in [2.75, 3.05) is 0 Å². The third-order valence-electron chi connectivity index (χ3n) is 2.82. The van der Waals surface area contributed by atoms with E-state index in [-0.39, 0.29) is 0 Å².